The fourth-order valence-electron chi connectivity index (χ4n) is 1.75. The van der Waals surface area contributed by atoms with Gasteiger partial charge in [-0.1, -0.05) is 34.6 Å². The number of rotatable bonds is 5. The third-order valence-electron chi connectivity index (χ3n) is 2.43. The lowest BCUT2D eigenvalue weighted by Gasteiger charge is -2.36. The Bertz CT molecular complexity index is 125. The van der Waals surface area contributed by atoms with E-state index in [0.29, 0.717) is 12.1 Å². The second-order valence-corrected chi connectivity index (χ2v) is 4.58. The first-order valence-electron chi connectivity index (χ1n) is 5.23. The maximum Gasteiger partial charge on any atom is 0.0726 e. The van der Waals surface area contributed by atoms with Crippen LogP contribution in [0.25, 0.3) is 0 Å². The molecule has 0 aliphatic rings. The molecule has 1 N–H and O–H groups in total. The Balaban J connectivity index is 4.38. The zero-order valence-electron chi connectivity index (χ0n) is 9.98. The number of hydrogen-bond donors (Lipinski definition) is 1. The van der Waals surface area contributed by atoms with E-state index in [1.165, 1.54) is 0 Å². The summed E-state index contributed by atoms with van der Waals surface area (Å²) in [5.41, 5.74) is 0.257. The minimum Gasteiger partial charge on any atom is -0.380 e. The first-order valence-corrected chi connectivity index (χ1v) is 5.23. The number of likely N-dealkylation sites (N-methyl/N-ethyl adjacent to an activating group) is 1. The number of hydrogen-bond acceptors (Lipinski definition) is 2. The highest BCUT2D eigenvalue weighted by Crippen LogP contribution is 2.24. The molecule has 80 valence electrons. The summed E-state index contributed by atoms with van der Waals surface area (Å²) >= 11 is 0. The van der Waals surface area contributed by atoms with Gasteiger partial charge in [-0.15, -0.1) is 0 Å². The molecular weight excluding hydrogens is 162 g/mol. The van der Waals surface area contributed by atoms with Crippen molar-refractivity contribution in [3.63, 3.8) is 0 Å². The molecule has 0 aromatic heterocycles. The predicted molar refractivity (Wildman–Crippen MR) is 58.0 cm³/mol. The smallest absolute Gasteiger partial charge is 0.0726 e. The summed E-state index contributed by atoms with van der Waals surface area (Å²) in [7, 11) is 1.80. The van der Waals surface area contributed by atoms with Gasteiger partial charge in [0, 0.05) is 13.2 Å². The molecule has 0 aliphatic carbocycles. The highest BCUT2D eigenvalue weighted by molar-refractivity contribution is 4.86. The van der Waals surface area contributed by atoms with E-state index in [1.54, 1.807) is 7.11 Å². The lowest BCUT2D eigenvalue weighted by molar-refractivity contribution is 0.0272. The van der Waals surface area contributed by atoms with Crippen LogP contribution in [0.4, 0.5) is 0 Å². The Kier molecular flexibility index (Phi) is 5.57. The van der Waals surface area contributed by atoms with E-state index in [4.69, 9.17) is 4.74 Å². The molecule has 2 unspecified atom stereocenters. The molecule has 2 heteroatoms. The predicted octanol–water partition coefficient (Wildman–Crippen LogP) is 2.44. The van der Waals surface area contributed by atoms with Crippen molar-refractivity contribution in [3.8, 4) is 0 Å². The quantitative estimate of drug-likeness (QED) is 0.714. The van der Waals surface area contributed by atoms with Gasteiger partial charge in [0.1, 0.15) is 0 Å². The summed E-state index contributed by atoms with van der Waals surface area (Å²) in [4.78, 5) is 0. The topological polar surface area (TPSA) is 21.3 Å². The maximum atomic E-state index is 5.48. The van der Waals surface area contributed by atoms with Crippen molar-refractivity contribution in [1.82, 2.24) is 5.32 Å². The summed E-state index contributed by atoms with van der Waals surface area (Å²) < 4.78 is 5.48. The molecule has 0 rings (SSSR count). The average Bonchev–Trinajstić information content (AvgIpc) is 2.03. The standard InChI is InChI=1S/C11H25NO/c1-7-9(13-6)10(12-8-2)11(3,4)5/h9-10,12H,7-8H2,1-6H3. The lowest BCUT2D eigenvalue weighted by atomic mass is 9.82. The Morgan fingerprint density at radius 2 is 1.77 bits per heavy atom. The number of nitrogens with one attached hydrogen (secondary N) is 1. The lowest BCUT2D eigenvalue weighted by Crippen LogP contribution is -2.49. The Hall–Kier alpha value is -0.0800. The fourth-order valence-corrected chi connectivity index (χ4v) is 1.75. The van der Waals surface area contributed by atoms with Gasteiger partial charge in [0.25, 0.3) is 0 Å². The maximum absolute atomic E-state index is 5.48. The van der Waals surface area contributed by atoms with Crippen molar-refractivity contribution in [1.29, 1.82) is 0 Å². The van der Waals surface area contributed by atoms with Gasteiger partial charge in [-0.3, -0.25) is 0 Å². The molecule has 13 heavy (non-hydrogen) atoms. The minimum atomic E-state index is 0.257. The summed E-state index contributed by atoms with van der Waals surface area (Å²) in [6, 6.07) is 0.437. The number of methoxy groups -OCH3 is 1. The molecule has 0 radical (unpaired) electrons. The molecule has 0 heterocycles. The normalized spacial score (nSPS) is 17.1. The SMILES string of the molecule is CCNC(C(CC)OC)C(C)(C)C. The van der Waals surface area contributed by atoms with Gasteiger partial charge in [-0.25, -0.2) is 0 Å². The molecule has 2 nitrogen and oxygen atoms in total. The van der Waals surface area contributed by atoms with E-state index in [2.05, 4.69) is 39.9 Å². The molecule has 0 fully saturated rings. The van der Waals surface area contributed by atoms with Crippen LogP contribution in [-0.2, 0) is 4.74 Å². The second kappa shape index (κ2) is 5.61. The second-order valence-electron chi connectivity index (χ2n) is 4.58. The van der Waals surface area contributed by atoms with Crippen LogP contribution in [0.2, 0.25) is 0 Å². The molecule has 0 spiro atoms. The first-order chi connectivity index (χ1) is 5.97. The van der Waals surface area contributed by atoms with Crippen LogP contribution in [0.3, 0.4) is 0 Å². The van der Waals surface area contributed by atoms with Gasteiger partial charge in [0.2, 0.25) is 0 Å². The molecule has 0 saturated heterocycles. The average molecular weight is 187 g/mol. The minimum absolute atomic E-state index is 0.257. The van der Waals surface area contributed by atoms with E-state index < -0.39 is 0 Å². The van der Waals surface area contributed by atoms with Crippen LogP contribution in [0, 0.1) is 5.41 Å². The van der Waals surface area contributed by atoms with Crippen molar-refractivity contribution in [2.75, 3.05) is 13.7 Å². The zero-order valence-corrected chi connectivity index (χ0v) is 9.98. The summed E-state index contributed by atoms with van der Waals surface area (Å²) in [6.45, 7) is 12.1. The Labute approximate surface area is 83.1 Å². The summed E-state index contributed by atoms with van der Waals surface area (Å²) in [5, 5.41) is 3.50. The number of ether oxygens (including phenoxy) is 1. The van der Waals surface area contributed by atoms with Crippen molar-refractivity contribution in [3.05, 3.63) is 0 Å². The van der Waals surface area contributed by atoms with Gasteiger partial charge in [-0.05, 0) is 18.4 Å². The Morgan fingerprint density at radius 1 is 1.23 bits per heavy atom. The highest BCUT2D eigenvalue weighted by Gasteiger charge is 2.30. The Morgan fingerprint density at radius 3 is 2.00 bits per heavy atom. The third kappa shape index (κ3) is 4.10. The van der Waals surface area contributed by atoms with Crippen LogP contribution in [0.5, 0.6) is 0 Å². The van der Waals surface area contributed by atoms with E-state index in [-0.39, 0.29) is 5.41 Å². The molecule has 0 bridgehead atoms. The monoisotopic (exact) mass is 187 g/mol. The van der Waals surface area contributed by atoms with Gasteiger partial charge in [-0.2, -0.15) is 0 Å². The van der Waals surface area contributed by atoms with Crippen LogP contribution in [0.1, 0.15) is 41.0 Å². The molecule has 0 saturated carbocycles. The summed E-state index contributed by atoms with van der Waals surface area (Å²) in [6.07, 6.45) is 1.38. The van der Waals surface area contributed by atoms with E-state index in [0.717, 1.165) is 13.0 Å². The molecule has 2 atom stereocenters. The van der Waals surface area contributed by atoms with Crippen LogP contribution >= 0.6 is 0 Å². The van der Waals surface area contributed by atoms with Crippen molar-refractivity contribution in [2.24, 2.45) is 5.41 Å². The van der Waals surface area contributed by atoms with E-state index in [9.17, 15) is 0 Å². The van der Waals surface area contributed by atoms with Crippen LogP contribution in [-0.4, -0.2) is 25.8 Å². The third-order valence-corrected chi connectivity index (χ3v) is 2.43. The van der Waals surface area contributed by atoms with E-state index >= 15 is 0 Å². The van der Waals surface area contributed by atoms with Crippen molar-refractivity contribution in [2.45, 2.75) is 53.2 Å². The molecule has 0 aromatic rings. The van der Waals surface area contributed by atoms with Gasteiger partial charge in [0.15, 0.2) is 0 Å². The summed E-state index contributed by atoms with van der Waals surface area (Å²) in [5.74, 6) is 0. The van der Waals surface area contributed by atoms with Crippen LogP contribution < -0.4 is 5.32 Å². The van der Waals surface area contributed by atoms with Crippen molar-refractivity contribution >= 4 is 0 Å². The van der Waals surface area contributed by atoms with E-state index in [1.807, 2.05) is 0 Å². The van der Waals surface area contributed by atoms with Gasteiger partial charge in [0.05, 0.1) is 6.10 Å². The molecular formula is C11H25NO. The fraction of sp³-hybridized carbons (Fsp3) is 1.00. The van der Waals surface area contributed by atoms with Crippen molar-refractivity contribution < 1.29 is 4.74 Å². The largest absolute Gasteiger partial charge is 0.380 e. The molecule has 0 aliphatic heterocycles. The van der Waals surface area contributed by atoms with Crippen LogP contribution in [0.15, 0.2) is 0 Å². The first kappa shape index (κ1) is 12.9. The van der Waals surface area contributed by atoms with Gasteiger partial charge < -0.3 is 10.1 Å². The zero-order chi connectivity index (χ0) is 10.5. The molecule has 0 amide bonds. The van der Waals surface area contributed by atoms with Gasteiger partial charge >= 0.3 is 0 Å². The highest BCUT2D eigenvalue weighted by atomic mass is 16.5. The molecule has 0 aromatic carbocycles.